The maximum Gasteiger partial charge on any atom is 0.221 e. The van der Waals surface area contributed by atoms with Gasteiger partial charge in [-0.05, 0) is 0 Å². The molecule has 0 amide bonds. The molecule has 0 bridgehead atoms. The third kappa shape index (κ3) is 1.75. The maximum absolute atomic E-state index is 9.46. The van der Waals surface area contributed by atoms with Crippen molar-refractivity contribution in [2.75, 3.05) is 13.7 Å². The molecule has 1 aliphatic heterocycles. The molecule has 0 aromatic heterocycles. The second kappa shape index (κ2) is 4.07. The van der Waals surface area contributed by atoms with Crippen LogP contribution in [0, 0.1) is 0 Å². The van der Waals surface area contributed by atoms with Crippen LogP contribution in [0.1, 0.15) is 0 Å². The van der Waals surface area contributed by atoms with E-state index in [0.717, 1.165) is 0 Å². The summed E-state index contributed by atoms with van der Waals surface area (Å²) in [5.74, 6) is -2.32. The minimum Gasteiger partial charge on any atom is -0.391 e. The molecule has 7 nitrogen and oxygen atoms in total. The lowest BCUT2D eigenvalue weighted by Gasteiger charge is -2.44. The van der Waals surface area contributed by atoms with E-state index < -0.39 is 37.0 Å². The van der Waals surface area contributed by atoms with Crippen LogP contribution in [0.2, 0.25) is 0 Å². The van der Waals surface area contributed by atoms with Crippen molar-refractivity contribution in [2.45, 2.75) is 30.4 Å². The Labute approximate surface area is 80.1 Å². The predicted molar refractivity (Wildman–Crippen MR) is 41.9 cm³/mol. The van der Waals surface area contributed by atoms with E-state index in [2.05, 4.69) is 4.74 Å². The van der Waals surface area contributed by atoms with Gasteiger partial charge < -0.3 is 35.0 Å². The first-order chi connectivity index (χ1) is 6.46. The van der Waals surface area contributed by atoms with Crippen LogP contribution >= 0.6 is 0 Å². The molecule has 7 heteroatoms. The molecule has 1 rings (SSSR count). The van der Waals surface area contributed by atoms with Crippen LogP contribution in [0.3, 0.4) is 0 Å². The predicted octanol–water partition coefficient (Wildman–Crippen LogP) is -3.25. The highest BCUT2D eigenvalue weighted by atomic mass is 16.8. The van der Waals surface area contributed by atoms with Crippen LogP contribution in [-0.2, 0) is 9.47 Å². The summed E-state index contributed by atoms with van der Waals surface area (Å²) in [6.07, 6.45) is -6.23. The summed E-state index contributed by atoms with van der Waals surface area (Å²) in [5, 5.41) is 46.1. The van der Waals surface area contributed by atoms with Gasteiger partial charge in [0.15, 0.2) is 6.29 Å². The zero-order valence-corrected chi connectivity index (χ0v) is 7.57. The van der Waals surface area contributed by atoms with E-state index >= 15 is 0 Å². The monoisotopic (exact) mass is 210 g/mol. The van der Waals surface area contributed by atoms with Crippen LogP contribution in [0.4, 0.5) is 0 Å². The second-order valence-corrected chi connectivity index (χ2v) is 3.15. The molecular weight excluding hydrogens is 196 g/mol. The molecule has 0 saturated carbocycles. The number of hydrogen-bond donors (Lipinski definition) is 5. The lowest BCUT2D eigenvalue weighted by molar-refractivity contribution is -0.393. The normalized spacial score (nSPS) is 49.3. The third-order valence-electron chi connectivity index (χ3n) is 2.19. The summed E-state index contributed by atoms with van der Waals surface area (Å²) in [6, 6.07) is 0. The van der Waals surface area contributed by atoms with E-state index in [0.29, 0.717) is 0 Å². The van der Waals surface area contributed by atoms with Crippen LogP contribution in [0.5, 0.6) is 0 Å². The lowest BCUT2D eigenvalue weighted by atomic mass is 9.96. The van der Waals surface area contributed by atoms with Gasteiger partial charge in [0.25, 0.3) is 0 Å². The standard InChI is InChI=1S/C7H14O7/c1-13-6-4(10)3(9)5(11)7(12,2-8)14-6/h3-6,8-12H,2H2,1H3/t3-,4-,5-,6?,7?/m1/s1. The summed E-state index contributed by atoms with van der Waals surface area (Å²) in [7, 11) is 1.19. The lowest BCUT2D eigenvalue weighted by Crippen LogP contribution is -2.66. The summed E-state index contributed by atoms with van der Waals surface area (Å²) in [4.78, 5) is 0. The minimum absolute atomic E-state index is 0.919. The van der Waals surface area contributed by atoms with E-state index in [1.54, 1.807) is 0 Å². The van der Waals surface area contributed by atoms with E-state index in [-0.39, 0.29) is 0 Å². The number of ether oxygens (including phenoxy) is 2. The van der Waals surface area contributed by atoms with Gasteiger partial charge in [0.05, 0.1) is 6.61 Å². The van der Waals surface area contributed by atoms with E-state index in [1.807, 2.05) is 0 Å². The van der Waals surface area contributed by atoms with Crippen LogP contribution in [0.15, 0.2) is 0 Å². The molecule has 0 aromatic carbocycles. The summed E-state index contributed by atoms with van der Waals surface area (Å²) < 4.78 is 9.30. The fourth-order valence-corrected chi connectivity index (χ4v) is 1.27. The molecule has 1 heterocycles. The van der Waals surface area contributed by atoms with Crippen molar-refractivity contribution in [3.63, 3.8) is 0 Å². The smallest absolute Gasteiger partial charge is 0.221 e. The Morgan fingerprint density at radius 1 is 1.29 bits per heavy atom. The van der Waals surface area contributed by atoms with Gasteiger partial charge in [0.1, 0.15) is 18.3 Å². The molecule has 1 aliphatic rings. The first kappa shape index (κ1) is 11.8. The molecule has 1 saturated heterocycles. The minimum atomic E-state index is -2.32. The highest BCUT2D eigenvalue weighted by Gasteiger charge is 2.52. The van der Waals surface area contributed by atoms with Gasteiger partial charge in [-0.15, -0.1) is 0 Å². The highest BCUT2D eigenvalue weighted by Crippen LogP contribution is 2.27. The van der Waals surface area contributed by atoms with Crippen molar-refractivity contribution in [1.82, 2.24) is 0 Å². The number of aliphatic hydroxyl groups is 5. The van der Waals surface area contributed by atoms with Crippen molar-refractivity contribution >= 4 is 0 Å². The second-order valence-electron chi connectivity index (χ2n) is 3.15. The summed E-state index contributed by atoms with van der Waals surface area (Å²) >= 11 is 0. The van der Waals surface area contributed by atoms with Crippen LogP contribution in [0.25, 0.3) is 0 Å². The van der Waals surface area contributed by atoms with Gasteiger partial charge in [0.2, 0.25) is 5.79 Å². The van der Waals surface area contributed by atoms with Crippen molar-refractivity contribution < 1.29 is 35.0 Å². The van der Waals surface area contributed by atoms with E-state index in [9.17, 15) is 20.4 Å². The van der Waals surface area contributed by atoms with Crippen molar-refractivity contribution in [3.05, 3.63) is 0 Å². The number of hydrogen-bond acceptors (Lipinski definition) is 7. The van der Waals surface area contributed by atoms with Crippen molar-refractivity contribution in [2.24, 2.45) is 0 Å². The van der Waals surface area contributed by atoms with Gasteiger partial charge in [-0.1, -0.05) is 0 Å². The first-order valence-corrected chi connectivity index (χ1v) is 4.04. The Morgan fingerprint density at radius 2 is 1.86 bits per heavy atom. The van der Waals surface area contributed by atoms with Gasteiger partial charge in [-0.3, -0.25) is 0 Å². The molecular formula is C7H14O7. The Balaban J connectivity index is 2.84. The summed E-state index contributed by atoms with van der Waals surface area (Å²) in [6.45, 7) is -0.919. The molecule has 0 spiro atoms. The van der Waals surface area contributed by atoms with Gasteiger partial charge >= 0.3 is 0 Å². The number of aliphatic hydroxyl groups excluding tert-OH is 4. The Morgan fingerprint density at radius 3 is 2.29 bits per heavy atom. The molecule has 2 unspecified atom stereocenters. The molecule has 84 valence electrons. The van der Waals surface area contributed by atoms with Crippen LogP contribution in [-0.4, -0.2) is 69.6 Å². The topological polar surface area (TPSA) is 120 Å². The fourth-order valence-electron chi connectivity index (χ4n) is 1.27. The first-order valence-electron chi connectivity index (χ1n) is 4.04. The van der Waals surface area contributed by atoms with E-state index in [4.69, 9.17) is 9.84 Å². The Kier molecular flexibility index (Phi) is 3.43. The molecule has 0 aromatic rings. The van der Waals surface area contributed by atoms with Gasteiger partial charge in [-0.2, -0.15) is 0 Å². The van der Waals surface area contributed by atoms with E-state index in [1.165, 1.54) is 7.11 Å². The maximum atomic E-state index is 9.46. The number of rotatable bonds is 2. The zero-order valence-electron chi connectivity index (χ0n) is 7.57. The van der Waals surface area contributed by atoms with Crippen molar-refractivity contribution in [3.8, 4) is 0 Å². The molecule has 0 radical (unpaired) electrons. The average molecular weight is 210 g/mol. The summed E-state index contributed by atoms with van der Waals surface area (Å²) in [5.41, 5.74) is 0. The van der Waals surface area contributed by atoms with Gasteiger partial charge in [0, 0.05) is 7.11 Å². The SMILES string of the molecule is COC1OC(O)(CO)[C@H](O)[C@H](O)[C@H]1O. The largest absolute Gasteiger partial charge is 0.391 e. The molecule has 0 aliphatic carbocycles. The quantitative estimate of drug-likeness (QED) is 0.325. The zero-order chi connectivity index (χ0) is 10.9. The highest BCUT2D eigenvalue weighted by molar-refractivity contribution is 4.93. The Hall–Kier alpha value is -0.280. The molecule has 5 atom stereocenters. The number of methoxy groups -OCH3 is 1. The Bertz CT molecular complexity index is 196. The van der Waals surface area contributed by atoms with Crippen molar-refractivity contribution in [1.29, 1.82) is 0 Å². The molecule has 5 N–H and O–H groups in total. The van der Waals surface area contributed by atoms with Gasteiger partial charge in [-0.25, -0.2) is 0 Å². The average Bonchev–Trinajstić information content (AvgIpc) is 2.20. The third-order valence-corrected chi connectivity index (χ3v) is 2.19. The van der Waals surface area contributed by atoms with Crippen LogP contribution < -0.4 is 0 Å². The molecule has 1 fully saturated rings. The fraction of sp³-hybridized carbons (Fsp3) is 1.00. The molecule has 14 heavy (non-hydrogen) atoms.